The van der Waals surface area contributed by atoms with Crippen LogP contribution in [0.15, 0.2) is 35.2 Å². The third kappa shape index (κ3) is 4.04. The van der Waals surface area contributed by atoms with Crippen LogP contribution in [0.1, 0.15) is 35.6 Å². The van der Waals surface area contributed by atoms with Crippen molar-refractivity contribution in [3.8, 4) is 0 Å². The first-order chi connectivity index (χ1) is 13.7. The molecule has 8 heteroatoms. The van der Waals surface area contributed by atoms with Gasteiger partial charge in [-0.25, -0.2) is 13.2 Å². The SMILES string of the molecule is CCOC(=O)c1cc(S(=O)(=O)N2CCN(c3cccc(C)c3)C(C)C2)c(C)n1C. The highest BCUT2D eigenvalue weighted by Crippen LogP contribution is 2.28. The molecule has 7 nitrogen and oxygen atoms in total. The van der Waals surface area contributed by atoms with Crippen molar-refractivity contribution in [1.82, 2.24) is 8.87 Å². The van der Waals surface area contributed by atoms with Crippen molar-refractivity contribution in [2.45, 2.75) is 38.6 Å². The van der Waals surface area contributed by atoms with E-state index in [1.807, 2.05) is 26.0 Å². The Morgan fingerprint density at radius 1 is 1.21 bits per heavy atom. The van der Waals surface area contributed by atoms with Crippen LogP contribution >= 0.6 is 0 Å². The number of hydrogen-bond donors (Lipinski definition) is 0. The van der Waals surface area contributed by atoms with Gasteiger partial charge < -0.3 is 14.2 Å². The topological polar surface area (TPSA) is 71.8 Å². The fraction of sp³-hybridized carbons (Fsp3) is 0.476. The maximum atomic E-state index is 13.3. The van der Waals surface area contributed by atoms with Gasteiger partial charge in [0.2, 0.25) is 10.0 Å². The quantitative estimate of drug-likeness (QED) is 0.697. The zero-order valence-electron chi connectivity index (χ0n) is 17.7. The van der Waals surface area contributed by atoms with Gasteiger partial charge in [0, 0.05) is 44.1 Å². The molecule has 0 bridgehead atoms. The third-order valence-electron chi connectivity index (χ3n) is 5.51. The van der Waals surface area contributed by atoms with E-state index in [-0.39, 0.29) is 23.2 Å². The highest BCUT2D eigenvalue weighted by atomic mass is 32.2. The summed E-state index contributed by atoms with van der Waals surface area (Å²) in [6.07, 6.45) is 0. The van der Waals surface area contributed by atoms with Crippen molar-refractivity contribution in [3.05, 3.63) is 47.3 Å². The van der Waals surface area contributed by atoms with Crippen LogP contribution < -0.4 is 4.90 Å². The minimum absolute atomic E-state index is 0.0360. The summed E-state index contributed by atoms with van der Waals surface area (Å²) in [4.78, 5) is 14.6. The summed E-state index contributed by atoms with van der Waals surface area (Å²) in [5.41, 5.74) is 3.06. The van der Waals surface area contributed by atoms with Crippen LogP contribution in [-0.2, 0) is 21.8 Å². The number of piperazine rings is 1. The zero-order valence-corrected chi connectivity index (χ0v) is 18.5. The van der Waals surface area contributed by atoms with Crippen molar-refractivity contribution in [2.75, 3.05) is 31.1 Å². The number of esters is 1. The molecule has 1 saturated heterocycles. The molecule has 1 aliphatic heterocycles. The Balaban J connectivity index is 1.85. The Labute approximate surface area is 172 Å². The lowest BCUT2D eigenvalue weighted by Gasteiger charge is -2.40. The minimum Gasteiger partial charge on any atom is -0.461 e. The molecule has 1 fully saturated rings. The molecule has 0 N–H and O–H groups in total. The number of anilines is 1. The Bertz CT molecular complexity index is 1010. The maximum Gasteiger partial charge on any atom is 0.354 e. The number of rotatable bonds is 5. The predicted molar refractivity (Wildman–Crippen MR) is 113 cm³/mol. The number of carbonyl (C=O) groups is 1. The van der Waals surface area contributed by atoms with Crippen molar-refractivity contribution in [2.24, 2.45) is 7.05 Å². The molecule has 0 amide bonds. The molecule has 2 heterocycles. The fourth-order valence-corrected chi connectivity index (χ4v) is 5.59. The van der Waals surface area contributed by atoms with Gasteiger partial charge in [0.05, 0.1) is 6.61 Å². The van der Waals surface area contributed by atoms with Gasteiger partial charge >= 0.3 is 5.97 Å². The van der Waals surface area contributed by atoms with Gasteiger partial charge in [-0.3, -0.25) is 0 Å². The second-order valence-corrected chi connectivity index (χ2v) is 9.41. The van der Waals surface area contributed by atoms with Crippen LogP contribution in [0.25, 0.3) is 0 Å². The number of hydrogen-bond acceptors (Lipinski definition) is 5. The lowest BCUT2D eigenvalue weighted by molar-refractivity contribution is 0.0515. The van der Waals surface area contributed by atoms with Gasteiger partial charge in [-0.1, -0.05) is 12.1 Å². The lowest BCUT2D eigenvalue weighted by atomic mass is 10.1. The van der Waals surface area contributed by atoms with Crippen molar-refractivity contribution in [1.29, 1.82) is 0 Å². The molecule has 1 atom stereocenters. The highest BCUT2D eigenvalue weighted by Gasteiger charge is 2.35. The molecule has 3 rings (SSSR count). The molecular formula is C21H29N3O4S. The van der Waals surface area contributed by atoms with Gasteiger partial charge in [-0.2, -0.15) is 4.31 Å². The first-order valence-electron chi connectivity index (χ1n) is 9.83. The third-order valence-corrected chi connectivity index (χ3v) is 7.50. The Morgan fingerprint density at radius 3 is 2.55 bits per heavy atom. The van der Waals surface area contributed by atoms with E-state index < -0.39 is 16.0 Å². The average molecular weight is 420 g/mol. The van der Waals surface area contributed by atoms with Crippen LogP contribution in [0.4, 0.5) is 5.69 Å². The Hall–Kier alpha value is -2.32. The number of aromatic nitrogens is 1. The molecule has 0 radical (unpaired) electrons. The van der Waals surface area contributed by atoms with Crippen molar-refractivity contribution >= 4 is 21.7 Å². The van der Waals surface area contributed by atoms with Gasteiger partial charge in [0.25, 0.3) is 0 Å². The summed E-state index contributed by atoms with van der Waals surface area (Å²) in [6, 6.07) is 9.71. The molecule has 29 heavy (non-hydrogen) atoms. The molecule has 0 aliphatic carbocycles. The molecule has 2 aromatic rings. The van der Waals surface area contributed by atoms with E-state index in [1.54, 1.807) is 25.5 Å². The fourth-order valence-electron chi connectivity index (χ4n) is 3.81. The summed E-state index contributed by atoms with van der Waals surface area (Å²) in [5.74, 6) is -0.516. The number of aryl methyl sites for hydroxylation is 1. The van der Waals surface area contributed by atoms with E-state index in [4.69, 9.17) is 4.74 Å². The van der Waals surface area contributed by atoms with E-state index in [9.17, 15) is 13.2 Å². The predicted octanol–water partition coefficient (Wildman–Crippen LogP) is 2.72. The molecule has 1 unspecified atom stereocenters. The zero-order chi connectivity index (χ0) is 21.3. The first kappa shape index (κ1) is 21.4. The van der Waals surface area contributed by atoms with Crippen LogP contribution in [0.5, 0.6) is 0 Å². The van der Waals surface area contributed by atoms with Crippen LogP contribution in [0, 0.1) is 13.8 Å². The monoisotopic (exact) mass is 419 g/mol. The number of nitrogens with zero attached hydrogens (tertiary/aromatic N) is 3. The largest absolute Gasteiger partial charge is 0.461 e. The summed E-state index contributed by atoms with van der Waals surface area (Å²) < 4.78 is 34.8. The second-order valence-electron chi connectivity index (χ2n) is 7.50. The van der Waals surface area contributed by atoms with E-state index in [0.717, 1.165) is 5.69 Å². The van der Waals surface area contributed by atoms with Crippen molar-refractivity contribution < 1.29 is 17.9 Å². The van der Waals surface area contributed by atoms with Crippen molar-refractivity contribution in [3.63, 3.8) is 0 Å². The summed E-state index contributed by atoms with van der Waals surface area (Å²) in [5, 5.41) is 0. The lowest BCUT2D eigenvalue weighted by Crippen LogP contribution is -2.53. The second kappa shape index (κ2) is 8.20. The van der Waals surface area contributed by atoms with E-state index in [1.165, 1.54) is 15.9 Å². The smallest absolute Gasteiger partial charge is 0.354 e. The normalized spacial score (nSPS) is 18.1. The van der Waals surface area contributed by atoms with Crippen LogP contribution in [0.3, 0.4) is 0 Å². The van der Waals surface area contributed by atoms with E-state index >= 15 is 0 Å². The van der Waals surface area contributed by atoms with Gasteiger partial charge in [0.15, 0.2) is 0 Å². The van der Waals surface area contributed by atoms with Gasteiger partial charge in [-0.15, -0.1) is 0 Å². The molecule has 1 aromatic heterocycles. The molecule has 0 spiro atoms. The van der Waals surface area contributed by atoms with Gasteiger partial charge in [-0.05, 0) is 51.5 Å². The average Bonchev–Trinajstić information content (AvgIpc) is 2.97. The van der Waals surface area contributed by atoms with Crippen LogP contribution in [0.2, 0.25) is 0 Å². The Kier molecular flexibility index (Phi) is 6.05. The first-order valence-corrected chi connectivity index (χ1v) is 11.3. The molecule has 0 saturated carbocycles. The molecule has 1 aliphatic rings. The summed E-state index contributed by atoms with van der Waals surface area (Å²) in [6.45, 7) is 9.15. The number of benzene rings is 1. The molecular weight excluding hydrogens is 390 g/mol. The number of sulfonamides is 1. The molecule has 158 valence electrons. The van der Waals surface area contributed by atoms with E-state index in [0.29, 0.717) is 25.3 Å². The van der Waals surface area contributed by atoms with Gasteiger partial charge in [0.1, 0.15) is 10.6 Å². The van der Waals surface area contributed by atoms with E-state index in [2.05, 4.69) is 17.0 Å². The minimum atomic E-state index is -3.71. The van der Waals surface area contributed by atoms with Crippen LogP contribution in [-0.4, -0.2) is 55.5 Å². The standard InChI is InChI=1S/C21H29N3O4S/c1-6-28-21(25)19-13-20(17(4)22(19)5)29(26,27)23-10-11-24(16(3)14-23)18-9-7-8-15(2)12-18/h7-9,12-13,16H,6,10-11,14H2,1-5H3. The maximum absolute atomic E-state index is 13.3. The highest BCUT2D eigenvalue weighted by molar-refractivity contribution is 7.89. The summed E-state index contributed by atoms with van der Waals surface area (Å²) in [7, 11) is -2.03. The number of carbonyl (C=O) groups excluding carboxylic acids is 1. The Morgan fingerprint density at radius 2 is 1.93 bits per heavy atom. The molecule has 1 aromatic carbocycles. The summed E-state index contributed by atoms with van der Waals surface area (Å²) >= 11 is 0. The number of ether oxygens (including phenoxy) is 1.